The molecule has 1 unspecified atom stereocenters. The van der Waals surface area contributed by atoms with Gasteiger partial charge in [-0.05, 0) is 73.3 Å². The highest BCUT2D eigenvalue weighted by Crippen LogP contribution is 2.36. The summed E-state index contributed by atoms with van der Waals surface area (Å²) < 4.78 is 10.8. The Bertz CT molecular complexity index is 1010. The van der Waals surface area contributed by atoms with Crippen molar-refractivity contribution in [3.8, 4) is 11.5 Å². The number of aldehydes is 1. The Kier molecular flexibility index (Phi) is 5.09. The SMILES string of the molecule is COc1ccc2[nH]cc(CCC3c4cc(C=O)c(OC)cc4CCN3C)c2c1. The summed E-state index contributed by atoms with van der Waals surface area (Å²) >= 11 is 0. The van der Waals surface area contributed by atoms with Crippen LogP contribution in [-0.2, 0) is 12.8 Å². The number of fused-ring (bicyclic) bond motifs is 2. The average Bonchev–Trinajstić information content (AvgIpc) is 3.14. The number of ether oxygens (including phenoxy) is 2. The smallest absolute Gasteiger partial charge is 0.153 e. The first-order chi connectivity index (χ1) is 13.6. The number of rotatable bonds is 6. The van der Waals surface area contributed by atoms with E-state index in [2.05, 4.69) is 35.3 Å². The van der Waals surface area contributed by atoms with Crippen molar-refractivity contribution >= 4 is 17.2 Å². The summed E-state index contributed by atoms with van der Waals surface area (Å²) in [6.45, 7) is 1.00. The summed E-state index contributed by atoms with van der Waals surface area (Å²) in [5.74, 6) is 1.54. The predicted molar refractivity (Wildman–Crippen MR) is 111 cm³/mol. The molecule has 28 heavy (non-hydrogen) atoms. The molecule has 3 aromatic rings. The Morgan fingerprint density at radius 2 is 2.07 bits per heavy atom. The fraction of sp³-hybridized carbons (Fsp3) is 0.348. The number of carbonyl (C=O) groups excluding carboxylic acids is 1. The molecule has 1 aromatic heterocycles. The molecule has 0 bridgehead atoms. The van der Waals surface area contributed by atoms with Crippen molar-refractivity contribution in [1.82, 2.24) is 9.88 Å². The lowest BCUT2D eigenvalue weighted by molar-refractivity contribution is 0.112. The van der Waals surface area contributed by atoms with Crippen LogP contribution < -0.4 is 9.47 Å². The zero-order chi connectivity index (χ0) is 19.7. The number of likely N-dealkylation sites (N-methyl/N-ethyl adjacent to an activating group) is 1. The van der Waals surface area contributed by atoms with Gasteiger partial charge in [-0.15, -0.1) is 0 Å². The molecule has 0 spiro atoms. The molecule has 1 aliphatic rings. The molecule has 0 saturated carbocycles. The van der Waals surface area contributed by atoms with E-state index in [9.17, 15) is 4.79 Å². The van der Waals surface area contributed by atoms with E-state index in [1.54, 1.807) is 14.2 Å². The molecule has 4 rings (SSSR count). The standard InChI is InChI=1S/C23H26N2O3/c1-25-9-8-15-11-23(28-3)17(14-26)10-20(15)22(25)7-4-16-13-24-21-6-5-18(27-2)12-19(16)21/h5-6,10-14,22,24H,4,7-9H2,1-3H3. The number of benzene rings is 2. The summed E-state index contributed by atoms with van der Waals surface area (Å²) in [6.07, 6.45) is 5.89. The molecule has 5 heteroatoms. The molecule has 0 radical (unpaired) electrons. The van der Waals surface area contributed by atoms with Crippen LogP contribution in [0.1, 0.15) is 39.5 Å². The Hall–Kier alpha value is -2.79. The zero-order valence-electron chi connectivity index (χ0n) is 16.6. The fourth-order valence-electron chi connectivity index (χ4n) is 4.30. The maximum absolute atomic E-state index is 11.5. The molecule has 0 saturated heterocycles. The Labute approximate surface area is 165 Å². The van der Waals surface area contributed by atoms with Gasteiger partial charge in [-0.2, -0.15) is 0 Å². The molecule has 1 aliphatic heterocycles. The molecule has 1 atom stereocenters. The minimum Gasteiger partial charge on any atom is -0.497 e. The van der Waals surface area contributed by atoms with Crippen molar-refractivity contribution in [2.24, 2.45) is 0 Å². The lowest BCUT2D eigenvalue weighted by Gasteiger charge is -2.35. The van der Waals surface area contributed by atoms with E-state index in [-0.39, 0.29) is 6.04 Å². The van der Waals surface area contributed by atoms with Gasteiger partial charge in [0.05, 0.1) is 19.8 Å². The van der Waals surface area contributed by atoms with Gasteiger partial charge in [-0.1, -0.05) is 0 Å². The van der Waals surface area contributed by atoms with E-state index >= 15 is 0 Å². The first-order valence-corrected chi connectivity index (χ1v) is 9.64. The van der Waals surface area contributed by atoms with Gasteiger partial charge >= 0.3 is 0 Å². The highest BCUT2D eigenvalue weighted by molar-refractivity contribution is 5.84. The lowest BCUT2D eigenvalue weighted by Crippen LogP contribution is -2.32. The van der Waals surface area contributed by atoms with Crippen LogP contribution in [0.5, 0.6) is 11.5 Å². The number of hydrogen-bond acceptors (Lipinski definition) is 4. The van der Waals surface area contributed by atoms with E-state index in [4.69, 9.17) is 9.47 Å². The molecular weight excluding hydrogens is 352 g/mol. The molecule has 1 N–H and O–H groups in total. The van der Waals surface area contributed by atoms with Crippen LogP contribution in [0.2, 0.25) is 0 Å². The maximum Gasteiger partial charge on any atom is 0.153 e. The van der Waals surface area contributed by atoms with E-state index in [0.717, 1.165) is 43.4 Å². The van der Waals surface area contributed by atoms with Gasteiger partial charge < -0.3 is 14.5 Å². The molecular formula is C23H26N2O3. The molecule has 0 aliphatic carbocycles. The number of nitrogens with zero attached hydrogens (tertiary/aromatic N) is 1. The largest absolute Gasteiger partial charge is 0.497 e. The van der Waals surface area contributed by atoms with Gasteiger partial charge in [0.2, 0.25) is 0 Å². The van der Waals surface area contributed by atoms with Crippen molar-refractivity contribution in [1.29, 1.82) is 0 Å². The van der Waals surface area contributed by atoms with Gasteiger partial charge in [-0.25, -0.2) is 0 Å². The van der Waals surface area contributed by atoms with Crippen molar-refractivity contribution in [3.63, 3.8) is 0 Å². The molecule has 2 heterocycles. The second-order valence-corrected chi connectivity index (χ2v) is 7.42. The van der Waals surface area contributed by atoms with Crippen molar-refractivity contribution < 1.29 is 14.3 Å². The van der Waals surface area contributed by atoms with Crippen LogP contribution in [0.15, 0.2) is 36.5 Å². The van der Waals surface area contributed by atoms with E-state index < -0.39 is 0 Å². The van der Waals surface area contributed by atoms with E-state index in [1.807, 2.05) is 18.2 Å². The van der Waals surface area contributed by atoms with Crippen molar-refractivity contribution in [3.05, 3.63) is 58.8 Å². The lowest BCUT2D eigenvalue weighted by atomic mass is 9.88. The van der Waals surface area contributed by atoms with Gasteiger partial charge in [-0.3, -0.25) is 9.69 Å². The number of aromatic nitrogens is 1. The number of aromatic amines is 1. The van der Waals surface area contributed by atoms with Gasteiger partial charge in [0.1, 0.15) is 11.5 Å². The molecule has 0 fully saturated rings. The van der Waals surface area contributed by atoms with Gasteiger partial charge in [0.15, 0.2) is 6.29 Å². The zero-order valence-corrected chi connectivity index (χ0v) is 16.6. The minimum atomic E-state index is 0.281. The van der Waals surface area contributed by atoms with E-state index in [0.29, 0.717) is 11.3 Å². The van der Waals surface area contributed by atoms with Crippen LogP contribution in [0.25, 0.3) is 10.9 Å². The van der Waals surface area contributed by atoms with Crippen LogP contribution in [0.4, 0.5) is 0 Å². The summed E-state index contributed by atoms with van der Waals surface area (Å²) in [6, 6.07) is 10.5. The van der Waals surface area contributed by atoms with E-state index in [1.165, 1.54) is 22.1 Å². The van der Waals surface area contributed by atoms with Gasteiger partial charge in [0, 0.05) is 29.7 Å². The molecule has 0 amide bonds. The first kappa shape index (κ1) is 18.6. The number of H-pyrrole nitrogens is 1. The predicted octanol–water partition coefficient (Wildman–Crippen LogP) is 4.16. The molecule has 5 nitrogen and oxygen atoms in total. The Morgan fingerprint density at radius 3 is 2.82 bits per heavy atom. The monoisotopic (exact) mass is 378 g/mol. The van der Waals surface area contributed by atoms with Crippen molar-refractivity contribution in [2.75, 3.05) is 27.8 Å². The highest BCUT2D eigenvalue weighted by atomic mass is 16.5. The molecule has 146 valence electrons. The molecule has 2 aromatic carbocycles. The quantitative estimate of drug-likeness (QED) is 0.655. The third kappa shape index (κ3) is 3.27. The maximum atomic E-state index is 11.5. The number of carbonyl (C=O) groups is 1. The number of nitrogens with one attached hydrogen (secondary N) is 1. The van der Waals surface area contributed by atoms with Gasteiger partial charge in [0.25, 0.3) is 0 Å². The number of hydrogen-bond donors (Lipinski definition) is 1. The normalized spacial score (nSPS) is 16.8. The number of methoxy groups -OCH3 is 2. The first-order valence-electron chi connectivity index (χ1n) is 9.64. The Morgan fingerprint density at radius 1 is 1.21 bits per heavy atom. The minimum absolute atomic E-state index is 0.281. The summed E-state index contributed by atoms with van der Waals surface area (Å²) in [5.41, 5.74) is 5.57. The summed E-state index contributed by atoms with van der Waals surface area (Å²) in [5, 5.41) is 1.21. The third-order valence-electron chi connectivity index (χ3n) is 5.91. The van der Waals surface area contributed by atoms with Crippen LogP contribution in [0, 0.1) is 0 Å². The topological polar surface area (TPSA) is 54.6 Å². The van der Waals surface area contributed by atoms with Crippen molar-refractivity contribution in [2.45, 2.75) is 25.3 Å². The fourth-order valence-corrected chi connectivity index (χ4v) is 4.30. The Balaban J connectivity index is 1.63. The van der Waals surface area contributed by atoms with Crippen LogP contribution in [-0.4, -0.2) is 44.0 Å². The second kappa shape index (κ2) is 7.68. The summed E-state index contributed by atoms with van der Waals surface area (Å²) in [4.78, 5) is 17.2. The second-order valence-electron chi connectivity index (χ2n) is 7.42. The number of aryl methyl sites for hydroxylation is 1. The average molecular weight is 378 g/mol. The van der Waals surface area contributed by atoms with Crippen LogP contribution in [0.3, 0.4) is 0 Å². The third-order valence-corrected chi connectivity index (χ3v) is 5.91. The summed E-state index contributed by atoms with van der Waals surface area (Å²) in [7, 11) is 5.48. The van der Waals surface area contributed by atoms with Crippen LogP contribution >= 0.6 is 0 Å². The highest BCUT2D eigenvalue weighted by Gasteiger charge is 2.26.